The molecule has 112 valence electrons. The van der Waals surface area contributed by atoms with Gasteiger partial charge in [0.2, 0.25) is 0 Å². The number of nitrogens with one attached hydrogen (secondary N) is 1. The molecule has 1 heterocycles. The van der Waals surface area contributed by atoms with E-state index in [1.54, 1.807) is 6.20 Å². The Kier molecular flexibility index (Phi) is 5.99. The highest BCUT2D eigenvalue weighted by molar-refractivity contribution is 9.10. The summed E-state index contributed by atoms with van der Waals surface area (Å²) >= 11 is 3.37. The molecule has 0 bridgehead atoms. The average Bonchev–Trinajstić information content (AvgIpc) is 2.52. The van der Waals surface area contributed by atoms with Crippen LogP contribution in [0.1, 0.15) is 25.3 Å². The van der Waals surface area contributed by atoms with Gasteiger partial charge in [-0.05, 0) is 34.3 Å². The van der Waals surface area contributed by atoms with Crippen LogP contribution < -0.4 is 10.9 Å². The Morgan fingerprint density at radius 3 is 2.76 bits per heavy atom. The van der Waals surface area contributed by atoms with Gasteiger partial charge < -0.3 is 5.32 Å². The van der Waals surface area contributed by atoms with E-state index >= 15 is 0 Å². The Labute approximate surface area is 133 Å². The zero-order chi connectivity index (χ0) is 15.1. The van der Waals surface area contributed by atoms with Crippen LogP contribution in [0.3, 0.4) is 0 Å². The van der Waals surface area contributed by atoms with Crippen LogP contribution in [0.4, 0.5) is 5.69 Å². The van der Waals surface area contributed by atoms with E-state index in [0.717, 1.165) is 31.5 Å². The van der Waals surface area contributed by atoms with Gasteiger partial charge in [0.15, 0.2) is 0 Å². The fourth-order valence-electron chi connectivity index (χ4n) is 2.04. The second-order valence-electron chi connectivity index (χ2n) is 4.92. The van der Waals surface area contributed by atoms with Gasteiger partial charge in [0, 0.05) is 13.1 Å². The fourth-order valence-corrected chi connectivity index (χ4v) is 2.49. The summed E-state index contributed by atoms with van der Waals surface area (Å²) in [6.07, 6.45) is 4.63. The molecule has 1 aromatic heterocycles. The van der Waals surface area contributed by atoms with Gasteiger partial charge in [-0.25, -0.2) is 4.68 Å². The molecule has 0 spiro atoms. The predicted molar refractivity (Wildman–Crippen MR) is 89.7 cm³/mol. The number of aromatic nitrogens is 2. The van der Waals surface area contributed by atoms with Crippen molar-refractivity contribution in [3.05, 3.63) is 56.9 Å². The van der Waals surface area contributed by atoms with Gasteiger partial charge in [0.25, 0.3) is 5.56 Å². The molecule has 2 aromatic rings. The third-order valence-corrected chi connectivity index (χ3v) is 4.05. The van der Waals surface area contributed by atoms with Gasteiger partial charge in [-0.1, -0.05) is 43.7 Å². The summed E-state index contributed by atoms with van der Waals surface area (Å²) in [5.41, 5.74) is 1.95. The van der Waals surface area contributed by atoms with Crippen molar-refractivity contribution in [1.29, 1.82) is 0 Å². The molecule has 0 amide bonds. The molecule has 1 aromatic carbocycles. The first-order chi connectivity index (χ1) is 10.2. The Morgan fingerprint density at radius 1 is 1.29 bits per heavy atom. The van der Waals surface area contributed by atoms with Crippen molar-refractivity contribution in [3.8, 4) is 0 Å². The van der Waals surface area contributed by atoms with E-state index in [1.165, 1.54) is 10.2 Å². The Balaban J connectivity index is 1.97. The minimum Gasteiger partial charge on any atom is -0.382 e. The van der Waals surface area contributed by atoms with Crippen molar-refractivity contribution in [3.63, 3.8) is 0 Å². The maximum absolute atomic E-state index is 12.1. The first-order valence-electron chi connectivity index (χ1n) is 7.25. The van der Waals surface area contributed by atoms with Crippen molar-refractivity contribution in [2.24, 2.45) is 0 Å². The lowest BCUT2D eigenvalue weighted by Crippen LogP contribution is -2.24. The molecule has 0 saturated heterocycles. The smallest absolute Gasteiger partial charge is 0.283 e. The Hall–Kier alpha value is -1.62. The molecule has 5 heteroatoms. The van der Waals surface area contributed by atoms with Crippen LogP contribution in [0.2, 0.25) is 0 Å². The third-order valence-electron chi connectivity index (χ3n) is 3.28. The lowest BCUT2D eigenvalue weighted by atomic mass is 10.1. The summed E-state index contributed by atoms with van der Waals surface area (Å²) < 4.78 is 2.07. The zero-order valence-electron chi connectivity index (χ0n) is 12.2. The second-order valence-corrected chi connectivity index (χ2v) is 5.71. The SMILES string of the molecule is CCCCn1ncc(NCCc2ccccc2)c(Br)c1=O. The Morgan fingerprint density at radius 2 is 2.05 bits per heavy atom. The number of hydrogen-bond acceptors (Lipinski definition) is 3. The van der Waals surface area contributed by atoms with E-state index in [-0.39, 0.29) is 5.56 Å². The van der Waals surface area contributed by atoms with Crippen molar-refractivity contribution in [2.45, 2.75) is 32.7 Å². The number of hydrogen-bond donors (Lipinski definition) is 1. The maximum Gasteiger partial charge on any atom is 0.283 e. The van der Waals surface area contributed by atoms with Crippen molar-refractivity contribution >= 4 is 21.6 Å². The number of aryl methyl sites for hydroxylation is 1. The standard InChI is InChI=1S/C16H20BrN3O/c1-2-3-11-20-16(21)15(17)14(12-19-20)18-10-9-13-7-5-4-6-8-13/h4-8,12,18H,2-3,9-11H2,1H3. The van der Waals surface area contributed by atoms with E-state index in [4.69, 9.17) is 0 Å². The van der Waals surface area contributed by atoms with Crippen LogP contribution in [-0.4, -0.2) is 16.3 Å². The number of anilines is 1. The molecular weight excluding hydrogens is 330 g/mol. The first kappa shape index (κ1) is 15.8. The maximum atomic E-state index is 12.1. The van der Waals surface area contributed by atoms with Crippen molar-refractivity contribution in [1.82, 2.24) is 9.78 Å². The topological polar surface area (TPSA) is 46.9 Å². The molecule has 0 aliphatic heterocycles. The van der Waals surface area contributed by atoms with Gasteiger partial charge in [0.05, 0.1) is 11.9 Å². The van der Waals surface area contributed by atoms with Crippen molar-refractivity contribution < 1.29 is 0 Å². The minimum absolute atomic E-state index is 0.0758. The largest absolute Gasteiger partial charge is 0.382 e. The molecule has 0 radical (unpaired) electrons. The second kappa shape index (κ2) is 7.98. The van der Waals surface area contributed by atoms with Crippen LogP contribution in [0.15, 0.2) is 45.8 Å². The highest BCUT2D eigenvalue weighted by Gasteiger charge is 2.08. The molecule has 21 heavy (non-hydrogen) atoms. The van der Waals surface area contributed by atoms with E-state index < -0.39 is 0 Å². The summed E-state index contributed by atoms with van der Waals surface area (Å²) in [5, 5.41) is 7.48. The highest BCUT2D eigenvalue weighted by atomic mass is 79.9. The molecule has 0 unspecified atom stereocenters. The molecule has 0 saturated carbocycles. The lowest BCUT2D eigenvalue weighted by Gasteiger charge is -2.10. The average molecular weight is 350 g/mol. The molecule has 0 aliphatic rings. The molecule has 2 rings (SSSR count). The van der Waals surface area contributed by atoms with Gasteiger partial charge in [-0.15, -0.1) is 0 Å². The highest BCUT2D eigenvalue weighted by Crippen LogP contribution is 2.16. The van der Waals surface area contributed by atoms with Crippen molar-refractivity contribution in [2.75, 3.05) is 11.9 Å². The van der Waals surface area contributed by atoms with Crippen LogP contribution >= 0.6 is 15.9 Å². The van der Waals surface area contributed by atoms with Gasteiger partial charge in [-0.3, -0.25) is 4.79 Å². The minimum atomic E-state index is -0.0758. The van der Waals surface area contributed by atoms with E-state index in [1.807, 2.05) is 18.2 Å². The van der Waals surface area contributed by atoms with Gasteiger partial charge in [-0.2, -0.15) is 5.10 Å². The van der Waals surface area contributed by atoms with Crippen LogP contribution in [0.25, 0.3) is 0 Å². The van der Waals surface area contributed by atoms with E-state index in [0.29, 0.717) is 11.0 Å². The van der Waals surface area contributed by atoms with Gasteiger partial charge in [0.1, 0.15) is 4.47 Å². The van der Waals surface area contributed by atoms with E-state index in [9.17, 15) is 4.79 Å². The molecule has 1 N–H and O–H groups in total. The lowest BCUT2D eigenvalue weighted by molar-refractivity contribution is 0.541. The zero-order valence-corrected chi connectivity index (χ0v) is 13.8. The molecule has 4 nitrogen and oxygen atoms in total. The van der Waals surface area contributed by atoms with Crippen LogP contribution in [0, 0.1) is 0 Å². The monoisotopic (exact) mass is 349 g/mol. The predicted octanol–water partition coefficient (Wildman–Crippen LogP) is 3.46. The third kappa shape index (κ3) is 4.43. The number of halogens is 1. The summed E-state index contributed by atoms with van der Waals surface area (Å²) in [6, 6.07) is 10.3. The quantitative estimate of drug-likeness (QED) is 0.832. The number of rotatable bonds is 7. The molecular formula is C16H20BrN3O. The Bertz CT molecular complexity index is 625. The first-order valence-corrected chi connectivity index (χ1v) is 8.05. The summed E-state index contributed by atoms with van der Waals surface area (Å²) in [6.45, 7) is 3.53. The molecule has 0 atom stereocenters. The fraction of sp³-hybridized carbons (Fsp3) is 0.375. The van der Waals surface area contributed by atoms with Gasteiger partial charge >= 0.3 is 0 Å². The molecule has 0 aliphatic carbocycles. The van der Waals surface area contributed by atoms with Crippen LogP contribution in [-0.2, 0) is 13.0 Å². The normalized spacial score (nSPS) is 10.6. The number of unbranched alkanes of at least 4 members (excludes halogenated alkanes) is 1. The number of benzene rings is 1. The summed E-state index contributed by atoms with van der Waals surface area (Å²) in [5.74, 6) is 0. The van der Waals surface area contributed by atoms with E-state index in [2.05, 4.69) is 45.4 Å². The number of nitrogens with zero attached hydrogens (tertiary/aromatic N) is 2. The molecule has 0 fully saturated rings. The summed E-state index contributed by atoms with van der Waals surface area (Å²) in [7, 11) is 0. The van der Waals surface area contributed by atoms with Crippen LogP contribution in [0.5, 0.6) is 0 Å². The summed E-state index contributed by atoms with van der Waals surface area (Å²) in [4.78, 5) is 12.1.